The molecule has 2 aromatic carbocycles. The number of nitro groups is 1. The van der Waals surface area contributed by atoms with Crippen LogP contribution in [0, 0.1) is 10.1 Å². The molecule has 27 heavy (non-hydrogen) atoms. The van der Waals surface area contributed by atoms with Crippen LogP contribution in [-0.4, -0.2) is 53.9 Å². The number of aliphatic hydroxyl groups excluding tert-OH is 1. The van der Waals surface area contributed by atoms with Gasteiger partial charge < -0.3 is 14.6 Å². The number of rotatable bonds is 7. The number of nitrogens with zero attached hydrogens (tertiary/aromatic N) is 2. The fraction of sp³-hybridized carbons (Fsp3) is 0.368. The molecule has 7 nitrogen and oxygen atoms in total. The van der Waals surface area contributed by atoms with Crippen LogP contribution < -0.4 is 4.74 Å². The average Bonchev–Trinajstić information content (AvgIpc) is 2.67. The number of nitro benzene ring substituents is 1. The van der Waals surface area contributed by atoms with Crippen molar-refractivity contribution in [2.75, 3.05) is 32.8 Å². The Balaban J connectivity index is 1.50. The molecule has 0 amide bonds. The van der Waals surface area contributed by atoms with Crippen molar-refractivity contribution in [3.63, 3.8) is 0 Å². The molecule has 0 bridgehead atoms. The number of morpholine rings is 1. The summed E-state index contributed by atoms with van der Waals surface area (Å²) >= 11 is 5.92. The lowest BCUT2D eigenvalue weighted by Crippen LogP contribution is -2.43. The number of hydrogen-bond donors (Lipinski definition) is 1. The molecule has 0 aromatic heterocycles. The van der Waals surface area contributed by atoms with Gasteiger partial charge in [0.2, 0.25) is 0 Å². The topological polar surface area (TPSA) is 85.1 Å². The third-order valence-electron chi connectivity index (χ3n) is 4.33. The van der Waals surface area contributed by atoms with Crippen LogP contribution in [0.3, 0.4) is 0 Å². The molecule has 1 saturated heterocycles. The van der Waals surface area contributed by atoms with Gasteiger partial charge in [0.15, 0.2) is 0 Å². The first-order chi connectivity index (χ1) is 13.0. The maximum absolute atomic E-state index is 10.8. The average molecular weight is 393 g/mol. The summed E-state index contributed by atoms with van der Waals surface area (Å²) < 4.78 is 11.3. The molecular weight excluding hydrogens is 372 g/mol. The minimum atomic E-state index is -0.715. The van der Waals surface area contributed by atoms with E-state index in [1.165, 1.54) is 12.1 Å². The highest BCUT2D eigenvalue weighted by Gasteiger charge is 2.23. The maximum atomic E-state index is 10.8. The summed E-state index contributed by atoms with van der Waals surface area (Å²) in [4.78, 5) is 12.4. The number of aliphatic hydroxyl groups is 1. The maximum Gasteiger partial charge on any atom is 0.273 e. The van der Waals surface area contributed by atoms with E-state index in [0.29, 0.717) is 30.5 Å². The zero-order valence-corrected chi connectivity index (χ0v) is 15.4. The molecule has 1 heterocycles. The van der Waals surface area contributed by atoms with Crippen LogP contribution in [-0.2, 0) is 4.74 Å². The lowest BCUT2D eigenvalue weighted by atomic mass is 10.1. The summed E-state index contributed by atoms with van der Waals surface area (Å²) in [5.41, 5.74) is 1.01. The van der Waals surface area contributed by atoms with Crippen LogP contribution in [0.5, 0.6) is 5.75 Å². The van der Waals surface area contributed by atoms with Crippen molar-refractivity contribution in [3.8, 4) is 5.75 Å². The lowest BCUT2D eigenvalue weighted by Gasteiger charge is -2.34. The summed E-state index contributed by atoms with van der Waals surface area (Å²) in [6.07, 6.45) is -0.783. The van der Waals surface area contributed by atoms with Crippen molar-refractivity contribution in [2.45, 2.75) is 12.2 Å². The van der Waals surface area contributed by atoms with Gasteiger partial charge in [0, 0.05) is 30.7 Å². The van der Waals surface area contributed by atoms with Crippen molar-refractivity contribution in [2.24, 2.45) is 0 Å². The Bertz CT molecular complexity index is 771. The van der Waals surface area contributed by atoms with E-state index in [1.807, 2.05) is 24.3 Å². The zero-order chi connectivity index (χ0) is 19.2. The predicted octanol–water partition coefficient (Wildman–Crippen LogP) is 3.06. The summed E-state index contributed by atoms with van der Waals surface area (Å²) in [5.74, 6) is 0.365. The van der Waals surface area contributed by atoms with Crippen molar-refractivity contribution in [1.29, 1.82) is 0 Å². The van der Waals surface area contributed by atoms with Crippen molar-refractivity contribution in [3.05, 3.63) is 69.2 Å². The Morgan fingerprint density at radius 1 is 1.33 bits per heavy atom. The third kappa shape index (κ3) is 5.64. The minimum absolute atomic E-state index is 0.0408. The van der Waals surface area contributed by atoms with E-state index in [4.69, 9.17) is 21.1 Å². The van der Waals surface area contributed by atoms with E-state index in [-0.39, 0.29) is 18.4 Å². The highest BCUT2D eigenvalue weighted by molar-refractivity contribution is 6.30. The highest BCUT2D eigenvalue weighted by Crippen LogP contribution is 2.24. The first-order valence-electron chi connectivity index (χ1n) is 8.66. The normalized spacial score (nSPS) is 18.8. The molecule has 0 radical (unpaired) electrons. The second-order valence-electron chi connectivity index (χ2n) is 6.39. The van der Waals surface area contributed by atoms with Gasteiger partial charge >= 0.3 is 0 Å². The quantitative estimate of drug-likeness (QED) is 0.575. The van der Waals surface area contributed by atoms with Crippen LogP contribution in [0.25, 0.3) is 0 Å². The highest BCUT2D eigenvalue weighted by atomic mass is 35.5. The summed E-state index contributed by atoms with van der Waals surface area (Å²) in [5, 5.41) is 21.8. The van der Waals surface area contributed by atoms with Crippen molar-refractivity contribution < 1.29 is 19.5 Å². The fourth-order valence-electron chi connectivity index (χ4n) is 2.98. The van der Waals surface area contributed by atoms with E-state index in [1.54, 1.807) is 12.1 Å². The molecule has 0 saturated carbocycles. The molecule has 8 heteroatoms. The second-order valence-corrected chi connectivity index (χ2v) is 6.83. The van der Waals surface area contributed by atoms with Gasteiger partial charge in [-0.25, -0.2) is 0 Å². The molecule has 2 aromatic rings. The first-order valence-corrected chi connectivity index (χ1v) is 9.04. The molecule has 1 aliphatic heterocycles. The van der Waals surface area contributed by atoms with Gasteiger partial charge in [0.05, 0.1) is 23.7 Å². The van der Waals surface area contributed by atoms with Gasteiger partial charge in [-0.2, -0.15) is 0 Å². The van der Waals surface area contributed by atoms with E-state index < -0.39 is 11.0 Å². The van der Waals surface area contributed by atoms with E-state index in [0.717, 1.165) is 12.1 Å². The van der Waals surface area contributed by atoms with E-state index in [2.05, 4.69) is 4.90 Å². The summed E-state index contributed by atoms with van der Waals surface area (Å²) in [6, 6.07) is 13.5. The molecule has 0 spiro atoms. The van der Waals surface area contributed by atoms with Crippen LogP contribution in [0.2, 0.25) is 5.02 Å². The first kappa shape index (κ1) is 19.6. The minimum Gasteiger partial charge on any atom is -0.491 e. The molecule has 2 atom stereocenters. The van der Waals surface area contributed by atoms with Gasteiger partial charge in [-0.3, -0.25) is 15.0 Å². The Morgan fingerprint density at radius 2 is 2.11 bits per heavy atom. The van der Waals surface area contributed by atoms with Crippen LogP contribution in [0.15, 0.2) is 48.5 Å². The van der Waals surface area contributed by atoms with Crippen LogP contribution in [0.1, 0.15) is 11.7 Å². The van der Waals surface area contributed by atoms with Crippen molar-refractivity contribution in [1.82, 2.24) is 4.90 Å². The number of benzene rings is 2. The summed E-state index contributed by atoms with van der Waals surface area (Å²) in [6.45, 7) is 2.45. The standard InChI is InChI=1S/C19H21ClN2O5/c20-15-6-4-14(5-7-15)19-12-21(8-9-26-19)11-17(23)13-27-18-3-1-2-16(10-18)22(24)25/h1-7,10,17,19,23H,8-9,11-13H2/t17-,19-/m0/s1. The SMILES string of the molecule is O=[N+]([O-])c1cccc(OC[C@@H](O)CN2CCO[C@H](c3ccc(Cl)cc3)C2)c1. The molecule has 3 rings (SSSR count). The van der Waals surface area contributed by atoms with Gasteiger partial charge in [-0.1, -0.05) is 29.8 Å². The van der Waals surface area contributed by atoms with Crippen LogP contribution in [0.4, 0.5) is 5.69 Å². The Labute approximate surface area is 162 Å². The smallest absolute Gasteiger partial charge is 0.273 e. The van der Waals surface area contributed by atoms with Crippen LogP contribution >= 0.6 is 11.6 Å². The Kier molecular flexibility index (Phi) is 6.63. The van der Waals surface area contributed by atoms with Crippen molar-refractivity contribution >= 4 is 17.3 Å². The fourth-order valence-corrected chi connectivity index (χ4v) is 3.10. The van der Waals surface area contributed by atoms with Gasteiger partial charge in [-0.05, 0) is 23.8 Å². The number of ether oxygens (including phenoxy) is 2. The van der Waals surface area contributed by atoms with Gasteiger partial charge in [0.1, 0.15) is 18.5 Å². The number of hydrogen-bond acceptors (Lipinski definition) is 6. The lowest BCUT2D eigenvalue weighted by molar-refractivity contribution is -0.384. The van der Waals surface area contributed by atoms with E-state index in [9.17, 15) is 15.2 Å². The predicted molar refractivity (Wildman–Crippen MR) is 101 cm³/mol. The number of halogens is 1. The molecule has 1 fully saturated rings. The van der Waals surface area contributed by atoms with E-state index >= 15 is 0 Å². The monoisotopic (exact) mass is 392 g/mol. The third-order valence-corrected chi connectivity index (χ3v) is 4.58. The zero-order valence-electron chi connectivity index (χ0n) is 14.7. The summed E-state index contributed by atoms with van der Waals surface area (Å²) in [7, 11) is 0. The molecule has 1 N–H and O–H groups in total. The molecular formula is C19H21ClN2O5. The van der Waals surface area contributed by atoms with Gasteiger partial charge in [0.25, 0.3) is 5.69 Å². The number of β-amino-alcohol motifs (C(OH)–C–C–N with tert-alkyl or cyclic N) is 1. The molecule has 0 aliphatic carbocycles. The molecule has 144 valence electrons. The Hall–Kier alpha value is -2.19. The molecule has 1 aliphatic rings. The largest absolute Gasteiger partial charge is 0.491 e. The van der Waals surface area contributed by atoms with Gasteiger partial charge in [-0.15, -0.1) is 0 Å². The Morgan fingerprint density at radius 3 is 2.85 bits per heavy atom. The molecule has 0 unspecified atom stereocenters. The second kappa shape index (κ2) is 9.14. The number of non-ortho nitro benzene ring substituents is 1.